The molecular formula is H6NaO6Sn-. The Labute approximate surface area is 85.7 Å². The van der Waals surface area contributed by atoms with Crippen LogP contribution in [0.4, 0.5) is 0 Å². The fraction of sp³-hybridized carbons (Fsp3) is 0. The average molecular weight is 244 g/mol. The van der Waals surface area contributed by atoms with Gasteiger partial charge in [0, 0.05) is 0 Å². The summed E-state index contributed by atoms with van der Waals surface area (Å²) in [6.07, 6.45) is 0. The number of rotatable bonds is 0. The minimum absolute atomic E-state index is 0. The van der Waals surface area contributed by atoms with Gasteiger partial charge in [0.05, 0.1) is 0 Å². The summed E-state index contributed by atoms with van der Waals surface area (Å²) in [5.41, 5.74) is 0. The van der Waals surface area contributed by atoms with Gasteiger partial charge in [0.15, 0.2) is 0 Å². The van der Waals surface area contributed by atoms with Crippen molar-refractivity contribution >= 4 is 23.9 Å². The van der Waals surface area contributed by atoms with E-state index in [1.807, 2.05) is 0 Å². The Morgan fingerprint density at radius 3 is 0.375 bits per heavy atom. The topological polar surface area (TPSA) is 180 Å². The zero-order valence-electron chi connectivity index (χ0n) is 4.18. The van der Waals surface area contributed by atoms with Crippen LogP contribution in [0.3, 0.4) is 0 Å². The molecule has 0 amide bonds. The van der Waals surface area contributed by atoms with Gasteiger partial charge in [0.1, 0.15) is 0 Å². The molecule has 0 saturated heterocycles. The Kier molecular flexibility index (Phi) is 7250. The first-order valence-corrected chi connectivity index (χ1v) is 0. The van der Waals surface area contributed by atoms with Crippen LogP contribution in [0.1, 0.15) is 0 Å². The van der Waals surface area contributed by atoms with E-state index in [9.17, 15) is 0 Å². The van der Waals surface area contributed by atoms with E-state index in [0.717, 1.165) is 0 Å². The molecule has 8 heteroatoms. The van der Waals surface area contributed by atoms with Crippen molar-refractivity contribution in [3.05, 3.63) is 0 Å². The maximum Gasteiger partial charge on any atom is 4.00 e. The van der Waals surface area contributed by atoms with Crippen LogP contribution in [0.25, 0.3) is 0 Å². The van der Waals surface area contributed by atoms with Gasteiger partial charge in [-0.1, -0.05) is 0 Å². The quantitative estimate of drug-likeness (QED) is 0.387. The zero-order valence-corrected chi connectivity index (χ0v) is 9.04. The van der Waals surface area contributed by atoms with Gasteiger partial charge in [-0.2, -0.15) is 0 Å². The Bertz CT molecular complexity index is 8.49. The molecule has 0 aromatic heterocycles. The van der Waals surface area contributed by atoms with Crippen molar-refractivity contribution in [2.75, 3.05) is 0 Å². The molecule has 0 aliphatic carbocycles. The molecule has 0 fully saturated rings. The van der Waals surface area contributed by atoms with Crippen molar-refractivity contribution in [2.24, 2.45) is 0 Å². The molecule has 0 saturated carbocycles. The van der Waals surface area contributed by atoms with Crippen LogP contribution in [0.15, 0.2) is 0 Å². The zero-order chi connectivity index (χ0) is 0. The fourth-order valence-corrected chi connectivity index (χ4v) is 0. The largest absolute Gasteiger partial charge is 4.00 e. The summed E-state index contributed by atoms with van der Waals surface area (Å²) in [6.45, 7) is 0. The van der Waals surface area contributed by atoms with Gasteiger partial charge < -0.3 is 32.9 Å². The summed E-state index contributed by atoms with van der Waals surface area (Å²) in [5.74, 6) is 0. The molecule has 0 spiro atoms. The summed E-state index contributed by atoms with van der Waals surface area (Å²) >= 11 is 0. The molecule has 0 aromatic rings. The molecule has 0 rings (SSSR count). The van der Waals surface area contributed by atoms with Gasteiger partial charge in [-0.15, -0.1) is 0 Å². The van der Waals surface area contributed by atoms with E-state index in [2.05, 4.69) is 0 Å². The van der Waals surface area contributed by atoms with Crippen molar-refractivity contribution in [3.8, 4) is 0 Å². The van der Waals surface area contributed by atoms with Crippen molar-refractivity contribution in [2.45, 2.75) is 0 Å². The van der Waals surface area contributed by atoms with Crippen molar-refractivity contribution in [1.29, 1.82) is 0 Å². The molecule has 0 aliphatic heterocycles. The Morgan fingerprint density at radius 1 is 0.375 bits per heavy atom. The monoisotopic (exact) mass is 245 g/mol. The van der Waals surface area contributed by atoms with E-state index < -0.39 is 0 Å². The molecule has 0 radical (unpaired) electrons. The van der Waals surface area contributed by atoms with E-state index in [1.54, 1.807) is 0 Å². The maximum atomic E-state index is 0. The van der Waals surface area contributed by atoms with Crippen LogP contribution in [0, 0.1) is 0 Å². The van der Waals surface area contributed by atoms with Crippen molar-refractivity contribution in [1.82, 2.24) is 0 Å². The number of hydrogen-bond acceptors (Lipinski definition) is 6. The van der Waals surface area contributed by atoms with E-state index in [-0.39, 0.29) is 86.3 Å². The molecule has 8 heavy (non-hydrogen) atoms. The molecule has 0 aliphatic rings. The predicted octanol–water partition coefficient (Wildman–Crippen LogP) is -4.44. The molecule has 0 heterocycles. The normalized spacial score (nSPS) is 0. The molecule has 6 nitrogen and oxygen atoms in total. The van der Waals surface area contributed by atoms with Crippen LogP contribution < -0.4 is 29.6 Å². The Balaban J connectivity index is 0. The summed E-state index contributed by atoms with van der Waals surface area (Å²) < 4.78 is 0. The Morgan fingerprint density at radius 2 is 0.375 bits per heavy atom. The first kappa shape index (κ1) is 288. The smallest absolute Gasteiger partial charge is 0.870 e. The van der Waals surface area contributed by atoms with E-state index in [4.69, 9.17) is 0 Å². The second-order valence-corrected chi connectivity index (χ2v) is 0. The first-order chi connectivity index (χ1) is 0. The van der Waals surface area contributed by atoms with Crippen molar-refractivity contribution in [3.63, 3.8) is 0 Å². The summed E-state index contributed by atoms with van der Waals surface area (Å²) in [5, 5.41) is 0. The minimum Gasteiger partial charge on any atom is -0.870 e. The molecule has 0 unspecified atom stereocenters. The standard InChI is InChI=1S/Na.6H2O.Sn/h;6*1H2;/q+1;;;;;;;+4/p-6. The summed E-state index contributed by atoms with van der Waals surface area (Å²) in [7, 11) is 0. The molecule has 6 N–H and O–H groups in total. The summed E-state index contributed by atoms with van der Waals surface area (Å²) in [6, 6.07) is 0. The fourth-order valence-electron chi connectivity index (χ4n) is 0. The van der Waals surface area contributed by atoms with Crippen LogP contribution >= 0.6 is 0 Å². The third-order valence-corrected chi connectivity index (χ3v) is 0. The molecular weight excluding hydrogens is 238 g/mol. The third-order valence-electron chi connectivity index (χ3n) is 0. The van der Waals surface area contributed by atoms with Gasteiger partial charge in [-0.25, -0.2) is 0 Å². The molecule has 0 atom stereocenters. The maximum absolute atomic E-state index is 0. The van der Waals surface area contributed by atoms with Crippen molar-refractivity contribution < 1.29 is 62.4 Å². The first-order valence-electron chi connectivity index (χ1n) is 0. The van der Waals surface area contributed by atoms with Crippen LogP contribution in [-0.4, -0.2) is 56.8 Å². The number of hydrogen-bond donors (Lipinski definition) is 0. The van der Waals surface area contributed by atoms with Crippen LogP contribution in [0.5, 0.6) is 0 Å². The molecule has 0 bridgehead atoms. The van der Waals surface area contributed by atoms with Gasteiger partial charge >= 0.3 is 53.5 Å². The average Bonchev–Trinajstić information content (AvgIpc) is 0. The molecule has 0 aromatic carbocycles. The van der Waals surface area contributed by atoms with Crippen LogP contribution in [0.2, 0.25) is 0 Å². The van der Waals surface area contributed by atoms with Gasteiger partial charge in [0.25, 0.3) is 0 Å². The SMILES string of the molecule is [Na+].[OH-].[OH-].[OH-].[OH-].[OH-].[OH-].[Sn+4]. The minimum atomic E-state index is 0. The Hall–Kier alpha value is 1.56. The van der Waals surface area contributed by atoms with Gasteiger partial charge in [-0.05, 0) is 0 Å². The van der Waals surface area contributed by atoms with E-state index >= 15 is 0 Å². The second-order valence-electron chi connectivity index (χ2n) is 0. The van der Waals surface area contributed by atoms with E-state index in [1.165, 1.54) is 0 Å². The third kappa shape index (κ3) is 134. The summed E-state index contributed by atoms with van der Waals surface area (Å²) in [4.78, 5) is 0. The predicted molar refractivity (Wildman–Crippen MR) is 17.4 cm³/mol. The van der Waals surface area contributed by atoms with Gasteiger partial charge in [0.2, 0.25) is 0 Å². The van der Waals surface area contributed by atoms with Crippen LogP contribution in [-0.2, 0) is 0 Å². The second kappa shape index (κ2) is 201. The molecule has 48 valence electrons. The van der Waals surface area contributed by atoms with Gasteiger partial charge in [-0.3, -0.25) is 0 Å². The van der Waals surface area contributed by atoms with E-state index in [0.29, 0.717) is 0 Å².